The van der Waals surface area contributed by atoms with Gasteiger partial charge in [-0.3, -0.25) is 9.59 Å². The van der Waals surface area contributed by atoms with Crippen molar-refractivity contribution in [3.8, 4) is 0 Å². The van der Waals surface area contributed by atoms with Gasteiger partial charge in [0.05, 0.1) is 25.3 Å². The van der Waals surface area contributed by atoms with Crippen LogP contribution in [0.2, 0.25) is 0 Å². The lowest BCUT2D eigenvalue weighted by Gasteiger charge is -2.15. The Balaban J connectivity index is 0.00000529. The van der Waals surface area contributed by atoms with Gasteiger partial charge in [0.1, 0.15) is 0 Å². The van der Waals surface area contributed by atoms with Crippen LogP contribution in [0.25, 0.3) is 0 Å². The van der Waals surface area contributed by atoms with E-state index in [1.807, 2.05) is 13.8 Å². The van der Waals surface area contributed by atoms with E-state index in [1.165, 1.54) is 13.2 Å². The molecular weight excluding hydrogens is 334 g/mol. The number of carbonyl (C=O) groups excluding carboxylic acids is 3. The summed E-state index contributed by atoms with van der Waals surface area (Å²) < 4.78 is 4.68. The summed E-state index contributed by atoms with van der Waals surface area (Å²) in [5, 5.41) is 5.09. The Kier molecular flexibility index (Phi) is 9.02. The third-order valence-corrected chi connectivity index (χ3v) is 3.37. The molecule has 0 saturated heterocycles. The average Bonchev–Trinajstić information content (AvgIpc) is 2.52. The summed E-state index contributed by atoms with van der Waals surface area (Å²) in [5.41, 5.74) is 7.25. The molecule has 0 aromatic heterocycles. The highest BCUT2D eigenvalue weighted by molar-refractivity contribution is 5.97. The zero-order valence-corrected chi connectivity index (χ0v) is 15.0. The molecular formula is C16H24ClN3O4. The van der Waals surface area contributed by atoms with Crippen LogP contribution in [0.15, 0.2) is 18.2 Å². The van der Waals surface area contributed by atoms with Crippen LogP contribution in [0.4, 0.5) is 5.69 Å². The molecule has 0 radical (unpaired) electrons. The minimum absolute atomic E-state index is 0. The molecule has 0 aliphatic heterocycles. The first kappa shape index (κ1) is 21.9. The second-order valence-corrected chi connectivity index (χ2v) is 5.56. The minimum Gasteiger partial charge on any atom is -0.465 e. The van der Waals surface area contributed by atoms with Gasteiger partial charge in [-0.25, -0.2) is 4.79 Å². The summed E-state index contributed by atoms with van der Waals surface area (Å²) in [6.45, 7) is 5.22. The highest BCUT2D eigenvalue weighted by atomic mass is 35.5. The first-order valence-electron chi connectivity index (χ1n) is 7.28. The Hall–Kier alpha value is -2.12. The van der Waals surface area contributed by atoms with E-state index < -0.39 is 17.9 Å². The number of aryl methyl sites for hydroxylation is 1. The SMILES string of the molecule is COC(=O)c1cc(NC(=O)CNC(=O)[C@@H](N)C(C)C)ccc1C.Cl. The number of amides is 2. The van der Waals surface area contributed by atoms with Gasteiger partial charge >= 0.3 is 5.97 Å². The summed E-state index contributed by atoms with van der Waals surface area (Å²) >= 11 is 0. The van der Waals surface area contributed by atoms with Gasteiger partial charge < -0.3 is 21.1 Å². The largest absolute Gasteiger partial charge is 0.465 e. The van der Waals surface area contributed by atoms with Crippen molar-refractivity contribution < 1.29 is 19.1 Å². The summed E-state index contributed by atoms with van der Waals surface area (Å²) in [4.78, 5) is 35.2. The quantitative estimate of drug-likeness (QED) is 0.663. The molecule has 8 heteroatoms. The zero-order chi connectivity index (χ0) is 17.6. The fourth-order valence-electron chi connectivity index (χ4n) is 1.82. The van der Waals surface area contributed by atoms with Gasteiger partial charge in [-0.1, -0.05) is 19.9 Å². The lowest BCUT2D eigenvalue weighted by atomic mass is 10.1. The second-order valence-electron chi connectivity index (χ2n) is 5.56. The van der Waals surface area contributed by atoms with E-state index in [2.05, 4.69) is 15.4 Å². The zero-order valence-electron chi connectivity index (χ0n) is 14.2. The molecule has 2 amide bonds. The number of nitrogens with two attached hydrogens (primary N) is 1. The number of methoxy groups -OCH3 is 1. The van der Waals surface area contributed by atoms with E-state index in [4.69, 9.17) is 5.73 Å². The van der Waals surface area contributed by atoms with Crippen molar-refractivity contribution in [3.05, 3.63) is 29.3 Å². The Morgan fingerprint density at radius 2 is 1.88 bits per heavy atom. The lowest BCUT2D eigenvalue weighted by molar-refractivity contribution is -0.125. The maximum atomic E-state index is 11.9. The van der Waals surface area contributed by atoms with Crippen molar-refractivity contribution in [3.63, 3.8) is 0 Å². The fourth-order valence-corrected chi connectivity index (χ4v) is 1.82. The molecule has 0 aliphatic rings. The number of benzene rings is 1. The van der Waals surface area contributed by atoms with Gasteiger partial charge in [0, 0.05) is 5.69 Å². The van der Waals surface area contributed by atoms with Crippen molar-refractivity contribution in [1.29, 1.82) is 0 Å². The van der Waals surface area contributed by atoms with Crippen molar-refractivity contribution in [2.24, 2.45) is 11.7 Å². The van der Waals surface area contributed by atoms with Crippen LogP contribution in [0.1, 0.15) is 29.8 Å². The summed E-state index contributed by atoms with van der Waals surface area (Å²) in [5.74, 6) is -1.28. The van der Waals surface area contributed by atoms with Crippen LogP contribution >= 0.6 is 12.4 Å². The molecule has 0 unspecified atom stereocenters. The van der Waals surface area contributed by atoms with Crippen LogP contribution < -0.4 is 16.4 Å². The number of esters is 1. The normalized spacial score (nSPS) is 11.2. The van der Waals surface area contributed by atoms with Crippen LogP contribution in [-0.4, -0.2) is 37.5 Å². The van der Waals surface area contributed by atoms with E-state index in [9.17, 15) is 14.4 Å². The second kappa shape index (κ2) is 9.89. The monoisotopic (exact) mass is 357 g/mol. The standard InChI is InChI=1S/C16H23N3O4.ClH/c1-9(2)14(17)15(21)18-8-13(20)19-11-6-5-10(3)12(7-11)16(22)23-4;/h5-7,9,14H,8,17H2,1-4H3,(H,18,21)(H,19,20);1H/t14-;/m0./s1. The Morgan fingerprint density at radius 1 is 1.25 bits per heavy atom. The van der Waals surface area contributed by atoms with E-state index in [0.29, 0.717) is 11.3 Å². The van der Waals surface area contributed by atoms with E-state index in [-0.39, 0.29) is 30.8 Å². The maximum Gasteiger partial charge on any atom is 0.338 e. The van der Waals surface area contributed by atoms with Crippen molar-refractivity contribution >= 4 is 35.9 Å². The topological polar surface area (TPSA) is 111 Å². The Labute approximate surface area is 147 Å². The molecule has 4 N–H and O–H groups in total. The summed E-state index contributed by atoms with van der Waals surface area (Å²) in [6.07, 6.45) is 0. The molecule has 134 valence electrons. The minimum atomic E-state index is -0.659. The average molecular weight is 358 g/mol. The predicted molar refractivity (Wildman–Crippen MR) is 94.2 cm³/mol. The third-order valence-electron chi connectivity index (χ3n) is 3.37. The van der Waals surface area contributed by atoms with E-state index >= 15 is 0 Å². The maximum absolute atomic E-state index is 11.9. The molecule has 7 nitrogen and oxygen atoms in total. The smallest absolute Gasteiger partial charge is 0.338 e. The van der Waals surface area contributed by atoms with E-state index in [0.717, 1.165) is 5.56 Å². The number of hydrogen-bond acceptors (Lipinski definition) is 5. The molecule has 1 rings (SSSR count). The van der Waals surface area contributed by atoms with Crippen molar-refractivity contribution in [2.45, 2.75) is 26.8 Å². The molecule has 0 heterocycles. The first-order chi connectivity index (χ1) is 10.8. The summed E-state index contributed by atoms with van der Waals surface area (Å²) in [6, 6.07) is 4.24. The third kappa shape index (κ3) is 6.17. The van der Waals surface area contributed by atoms with Crippen LogP contribution in [0, 0.1) is 12.8 Å². The van der Waals surface area contributed by atoms with Gasteiger partial charge in [0.2, 0.25) is 11.8 Å². The van der Waals surface area contributed by atoms with Gasteiger partial charge in [-0.2, -0.15) is 0 Å². The molecule has 0 fully saturated rings. The molecule has 1 aromatic rings. The van der Waals surface area contributed by atoms with E-state index in [1.54, 1.807) is 19.1 Å². The molecule has 1 atom stereocenters. The molecule has 0 spiro atoms. The summed E-state index contributed by atoms with van der Waals surface area (Å²) in [7, 11) is 1.29. The molecule has 0 bridgehead atoms. The number of nitrogens with one attached hydrogen (secondary N) is 2. The lowest BCUT2D eigenvalue weighted by Crippen LogP contribution is -2.46. The van der Waals surface area contributed by atoms with Crippen molar-refractivity contribution in [2.75, 3.05) is 19.0 Å². The molecule has 0 aliphatic carbocycles. The van der Waals surface area contributed by atoms with Gasteiger partial charge in [0.15, 0.2) is 0 Å². The number of hydrogen-bond donors (Lipinski definition) is 3. The number of anilines is 1. The molecule has 24 heavy (non-hydrogen) atoms. The predicted octanol–water partition coefficient (Wildman–Crippen LogP) is 1.24. The van der Waals surface area contributed by atoms with Gasteiger partial charge in [-0.05, 0) is 30.5 Å². The van der Waals surface area contributed by atoms with Gasteiger partial charge in [0.25, 0.3) is 0 Å². The number of carbonyl (C=O) groups is 3. The van der Waals surface area contributed by atoms with Crippen LogP contribution in [0.3, 0.4) is 0 Å². The Bertz CT molecular complexity index is 605. The number of ether oxygens (including phenoxy) is 1. The molecule has 0 saturated carbocycles. The fraction of sp³-hybridized carbons (Fsp3) is 0.438. The highest BCUT2D eigenvalue weighted by Gasteiger charge is 2.18. The van der Waals surface area contributed by atoms with Crippen molar-refractivity contribution in [1.82, 2.24) is 5.32 Å². The number of halogens is 1. The highest BCUT2D eigenvalue weighted by Crippen LogP contribution is 2.16. The van der Waals surface area contributed by atoms with Gasteiger partial charge in [-0.15, -0.1) is 12.4 Å². The van der Waals surface area contributed by atoms with Crippen LogP contribution in [-0.2, 0) is 14.3 Å². The Morgan fingerprint density at radius 3 is 2.42 bits per heavy atom. The first-order valence-corrected chi connectivity index (χ1v) is 7.28. The molecule has 1 aromatic carbocycles. The number of rotatable bonds is 6. The van der Waals surface area contributed by atoms with Crippen LogP contribution in [0.5, 0.6) is 0 Å².